The molecule has 0 saturated carbocycles. The molecule has 0 atom stereocenters. The van der Waals surface area contributed by atoms with E-state index in [1.807, 2.05) is 6.07 Å². The molecule has 94 valence electrons. The Kier molecular flexibility index (Phi) is 3.93. The van der Waals surface area contributed by atoms with Crippen LogP contribution in [-0.4, -0.2) is 12.1 Å². The average Bonchev–Trinajstić information content (AvgIpc) is 2.36. The number of halogens is 2. The van der Waals surface area contributed by atoms with Gasteiger partial charge >= 0.3 is 0 Å². The predicted octanol–water partition coefficient (Wildman–Crippen LogP) is 3.83. The van der Waals surface area contributed by atoms with Crippen LogP contribution in [0.2, 0.25) is 5.02 Å². The minimum absolute atomic E-state index is 0.554. The highest BCUT2D eigenvalue weighted by molar-refractivity contribution is 9.10. The second-order valence-electron chi connectivity index (χ2n) is 3.56. The third-order valence-electron chi connectivity index (χ3n) is 2.35. The number of ether oxygens (including phenoxy) is 1. The number of hydrogen-bond donors (Lipinski definition) is 2. The van der Waals surface area contributed by atoms with E-state index in [-0.39, 0.29) is 0 Å². The van der Waals surface area contributed by atoms with Crippen LogP contribution in [0.1, 0.15) is 0 Å². The van der Waals surface area contributed by atoms with Crippen molar-refractivity contribution in [2.45, 2.75) is 0 Å². The van der Waals surface area contributed by atoms with Crippen molar-refractivity contribution >= 4 is 44.6 Å². The Bertz CT molecular complexity index is 557. The lowest BCUT2D eigenvalue weighted by Crippen LogP contribution is -1.98. The standard InChI is InChI=1S/C12H11BrClN3O/c1-18-11-4-7(2-3-9(11)14)17-12-8(13)5-16-6-10(12)15/h2-6H,15H2,1H3,(H,16,17). The Balaban J connectivity index is 2.34. The molecule has 2 aromatic rings. The predicted molar refractivity (Wildman–Crippen MR) is 77.6 cm³/mol. The first kappa shape index (κ1) is 13.0. The zero-order valence-corrected chi connectivity index (χ0v) is 11.9. The van der Waals surface area contributed by atoms with Gasteiger partial charge in [0.1, 0.15) is 5.75 Å². The SMILES string of the molecule is COc1cc(Nc2c(N)cncc2Br)ccc1Cl. The highest BCUT2D eigenvalue weighted by atomic mass is 79.9. The van der Waals surface area contributed by atoms with Crippen LogP contribution >= 0.6 is 27.5 Å². The molecule has 0 fully saturated rings. The van der Waals surface area contributed by atoms with Gasteiger partial charge in [0.05, 0.1) is 34.2 Å². The second-order valence-corrected chi connectivity index (χ2v) is 4.82. The number of nitrogens with one attached hydrogen (secondary N) is 1. The summed E-state index contributed by atoms with van der Waals surface area (Å²) in [7, 11) is 1.57. The Morgan fingerprint density at radius 2 is 2.17 bits per heavy atom. The molecule has 0 amide bonds. The molecule has 0 saturated heterocycles. The number of nitrogens with zero attached hydrogens (tertiary/aromatic N) is 1. The first-order chi connectivity index (χ1) is 8.61. The van der Waals surface area contributed by atoms with Gasteiger partial charge in [-0.2, -0.15) is 0 Å². The number of pyridine rings is 1. The second kappa shape index (κ2) is 5.46. The van der Waals surface area contributed by atoms with Gasteiger partial charge in [0.2, 0.25) is 0 Å². The minimum atomic E-state index is 0.554. The molecule has 0 aliphatic rings. The summed E-state index contributed by atoms with van der Waals surface area (Å²) in [6.07, 6.45) is 3.26. The van der Waals surface area contributed by atoms with Crippen molar-refractivity contribution in [2.75, 3.05) is 18.2 Å². The molecular weight excluding hydrogens is 318 g/mol. The van der Waals surface area contributed by atoms with Crippen LogP contribution in [0.25, 0.3) is 0 Å². The van der Waals surface area contributed by atoms with E-state index in [1.165, 1.54) is 0 Å². The number of aromatic nitrogens is 1. The molecule has 0 spiro atoms. The molecule has 0 unspecified atom stereocenters. The third-order valence-corrected chi connectivity index (χ3v) is 3.26. The van der Waals surface area contributed by atoms with Crippen molar-refractivity contribution in [3.8, 4) is 5.75 Å². The molecule has 1 heterocycles. The van der Waals surface area contributed by atoms with Gasteiger partial charge in [-0.3, -0.25) is 4.98 Å². The van der Waals surface area contributed by atoms with Gasteiger partial charge in [-0.25, -0.2) is 0 Å². The molecule has 0 aliphatic carbocycles. The lowest BCUT2D eigenvalue weighted by atomic mass is 10.2. The minimum Gasteiger partial charge on any atom is -0.495 e. The van der Waals surface area contributed by atoms with Crippen LogP contribution in [0.15, 0.2) is 35.1 Å². The van der Waals surface area contributed by atoms with E-state index >= 15 is 0 Å². The lowest BCUT2D eigenvalue weighted by Gasteiger charge is -2.12. The normalized spacial score (nSPS) is 10.2. The van der Waals surface area contributed by atoms with Crippen molar-refractivity contribution < 1.29 is 4.74 Å². The molecule has 3 N–H and O–H groups in total. The first-order valence-corrected chi connectivity index (χ1v) is 6.28. The highest BCUT2D eigenvalue weighted by Crippen LogP contribution is 2.33. The van der Waals surface area contributed by atoms with E-state index in [2.05, 4.69) is 26.2 Å². The molecule has 18 heavy (non-hydrogen) atoms. The largest absolute Gasteiger partial charge is 0.495 e. The highest BCUT2D eigenvalue weighted by Gasteiger charge is 2.07. The van der Waals surface area contributed by atoms with Crippen molar-refractivity contribution in [1.82, 2.24) is 4.98 Å². The topological polar surface area (TPSA) is 60.2 Å². The average molecular weight is 329 g/mol. The van der Waals surface area contributed by atoms with E-state index in [9.17, 15) is 0 Å². The van der Waals surface area contributed by atoms with Crippen molar-refractivity contribution in [2.24, 2.45) is 0 Å². The lowest BCUT2D eigenvalue weighted by molar-refractivity contribution is 0.415. The number of benzene rings is 1. The summed E-state index contributed by atoms with van der Waals surface area (Å²) >= 11 is 9.36. The quantitative estimate of drug-likeness (QED) is 0.899. The summed E-state index contributed by atoms with van der Waals surface area (Å²) in [4.78, 5) is 3.98. The van der Waals surface area contributed by atoms with Crippen molar-refractivity contribution in [1.29, 1.82) is 0 Å². The van der Waals surface area contributed by atoms with Crippen LogP contribution < -0.4 is 15.8 Å². The number of rotatable bonds is 3. The van der Waals surface area contributed by atoms with Gasteiger partial charge in [-0.15, -0.1) is 0 Å². The summed E-state index contributed by atoms with van der Waals surface area (Å²) in [5.74, 6) is 0.602. The van der Waals surface area contributed by atoms with Crippen molar-refractivity contribution in [3.05, 3.63) is 40.1 Å². The zero-order chi connectivity index (χ0) is 13.1. The Morgan fingerprint density at radius 3 is 2.83 bits per heavy atom. The monoisotopic (exact) mass is 327 g/mol. The first-order valence-electron chi connectivity index (χ1n) is 5.11. The summed E-state index contributed by atoms with van der Waals surface area (Å²) in [5, 5.41) is 3.75. The number of hydrogen-bond acceptors (Lipinski definition) is 4. The summed E-state index contributed by atoms with van der Waals surface area (Å²) in [6, 6.07) is 5.40. The maximum Gasteiger partial charge on any atom is 0.139 e. The van der Waals surface area contributed by atoms with Crippen LogP contribution in [0.4, 0.5) is 17.1 Å². The Labute approximate surface area is 118 Å². The molecule has 0 bridgehead atoms. The molecule has 0 radical (unpaired) electrons. The summed E-state index contributed by atoms with van der Waals surface area (Å²) in [6.45, 7) is 0. The van der Waals surface area contributed by atoms with Crippen LogP contribution in [0.5, 0.6) is 5.75 Å². The van der Waals surface area contributed by atoms with Crippen LogP contribution in [-0.2, 0) is 0 Å². The maximum absolute atomic E-state index is 5.97. The van der Waals surface area contributed by atoms with Crippen LogP contribution in [0.3, 0.4) is 0 Å². The van der Waals surface area contributed by atoms with E-state index < -0.39 is 0 Å². The van der Waals surface area contributed by atoms with E-state index in [0.717, 1.165) is 15.8 Å². The maximum atomic E-state index is 5.97. The van der Waals surface area contributed by atoms with Gasteiger partial charge in [0.15, 0.2) is 0 Å². The van der Waals surface area contributed by atoms with E-state index in [4.69, 9.17) is 22.1 Å². The molecule has 0 aliphatic heterocycles. The van der Waals surface area contributed by atoms with Gasteiger partial charge in [-0.1, -0.05) is 11.6 Å². The molecule has 1 aromatic heterocycles. The van der Waals surface area contributed by atoms with Gasteiger partial charge in [0, 0.05) is 18.0 Å². The third kappa shape index (κ3) is 2.68. The van der Waals surface area contributed by atoms with E-state index in [1.54, 1.807) is 31.6 Å². The van der Waals surface area contributed by atoms with Crippen LogP contribution in [0, 0.1) is 0 Å². The Morgan fingerprint density at radius 1 is 1.39 bits per heavy atom. The number of nitrogen functional groups attached to an aromatic ring is 1. The fraction of sp³-hybridized carbons (Fsp3) is 0.0833. The molecule has 1 aromatic carbocycles. The van der Waals surface area contributed by atoms with Gasteiger partial charge < -0.3 is 15.8 Å². The fourth-order valence-electron chi connectivity index (χ4n) is 1.46. The fourth-order valence-corrected chi connectivity index (χ4v) is 2.10. The van der Waals surface area contributed by atoms with Gasteiger partial charge in [0.25, 0.3) is 0 Å². The molecular formula is C12H11BrClN3O. The summed E-state index contributed by atoms with van der Waals surface area (Å²) < 4.78 is 5.94. The number of nitrogens with two attached hydrogens (primary N) is 1. The number of methoxy groups -OCH3 is 1. The molecule has 2 rings (SSSR count). The molecule has 4 nitrogen and oxygen atoms in total. The smallest absolute Gasteiger partial charge is 0.139 e. The molecule has 6 heteroatoms. The van der Waals surface area contributed by atoms with Gasteiger partial charge in [-0.05, 0) is 28.1 Å². The Hall–Kier alpha value is -1.46. The van der Waals surface area contributed by atoms with E-state index in [0.29, 0.717) is 16.5 Å². The summed E-state index contributed by atoms with van der Waals surface area (Å²) in [5.41, 5.74) is 8.00. The van der Waals surface area contributed by atoms with Crippen molar-refractivity contribution in [3.63, 3.8) is 0 Å². The zero-order valence-electron chi connectivity index (χ0n) is 9.58. The number of anilines is 3.